The number of amides is 1. The third-order valence-electron chi connectivity index (χ3n) is 4.28. The van der Waals surface area contributed by atoms with Gasteiger partial charge in [-0.3, -0.25) is 9.59 Å². The number of nitrogens with one attached hydrogen (secondary N) is 1. The Morgan fingerprint density at radius 2 is 2.05 bits per heavy atom. The van der Waals surface area contributed by atoms with Crippen LogP contribution >= 0.6 is 0 Å². The highest BCUT2D eigenvalue weighted by Crippen LogP contribution is 2.39. The molecule has 0 radical (unpaired) electrons. The van der Waals surface area contributed by atoms with Gasteiger partial charge in [0.05, 0.1) is 26.2 Å². The van der Waals surface area contributed by atoms with Crippen LogP contribution in [0.2, 0.25) is 0 Å². The Labute approximate surface area is 131 Å². The van der Waals surface area contributed by atoms with Crippen molar-refractivity contribution in [2.45, 2.75) is 32.2 Å². The highest BCUT2D eigenvalue weighted by atomic mass is 16.5. The second-order valence-corrected chi connectivity index (χ2v) is 6.13. The van der Waals surface area contributed by atoms with Crippen molar-refractivity contribution in [1.29, 1.82) is 0 Å². The molecule has 1 amide bonds. The fourth-order valence-electron chi connectivity index (χ4n) is 2.60. The second kappa shape index (κ2) is 6.38. The predicted octanol–water partition coefficient (Wildman–Crippen LogP) is 2.25. The van der Waals surface area contributed by atoms with Crippen LogP contribution in [0.15, 0.2) is 24.3 Å². The second-order valence-electron chi connectivity index (χ2n) is 6.13. The van der Waals surface area contributed by atoms with Crippen molar-refractivity contribution in [1.82, 2.24) is 5.32 Å². The first-order valence-corrected chi connectivity index (χ1v) is 7.43. The van der Waals surface area contributed by atoms with Crippen molar-refractivity contribution in [3.05, 3.63) is 29.8 Å². The summed E-state index contributed by atoms with van der Waals surface area (Å²) in [5.74, 6) is 0.758. The van der Waals surface area contributed by atoms with Gasteiger partial charge in [0.2, 0.25) is 5.91 Å². The van der Waals surface area contributed by atoms with Crippen LogP contribution in [0.5, 0.6) is 5.75 Å². The molecule has 0 unspecified atom stereocenters. The van der Waals surface area contributed by atoms with Crippen LogP contribution < -0.4 is 10.1 Å². The van der Waals surface area contributed by atoms with E-state index >= 15 is 0 Å². The first kappa shape index (κ1) is 16.3. The number of methoxy groups -OCH3 is 2. The lowest BCUT2D eigenvalue weighted by Crippen LogP contribution is -2.46. The minimum absolute atomic E-state index is 0.0123. The number of benzene rings is 1. The summed E-state index contributed by atoms with van der Waals surface area (Å²) in [4.78, 5) is 24.1. The maximum Gasteiger partial charge on any atom is 0.308 e. The Morgan fingerprint density at radius 3 is 2.59 bits per heavy atom. The van der Waals surface area contributed by atoms with E-state index in [9.17, 15) is 9.59 Å². The SMILES string of the molecule is COC(=O)C[C@](C)(NC(=O)[C@@H]1C[C@H]1C)c1cccc(OC)c1. The van der Waals surface area contributed by atoms with Crippen molar-refractivity contribution in [3.8, 4) is 5.75 Å². The summed E-state index contributed by atoms with van der Waals surface area (Å²) in [7, 11) is 2.93. The summed E-state index contributed by atoms with van der Waals surface area (Å²) in [5, 5.41) is 3.02. The van der Waals surface area contributed by atoms with Crippen molar-refractivity contribution in [2.24, 2.45) is 11.8 Å². The van der Waals surface area contributed by atoms with Crippen LogP contribution in [0.25, 0.3) is 0 Å². The molecule has 0 aliphatic heterocycles. The topological polar surface area (TPSA) is 64.6 Å². The van der Waals surface area contributed by atoms with Crippen molar-refractivity contribution >= 4 is 11.9 Å². The molecule has 1 fully saturated rings. The molecule has 0 aromatic heterocycles. The third-order valence-corrected chi connectivity index (χ3v) is 4.28. The van der Waals surface area contributed by atoms with Crippen LogP contribution in [0.3, 0.4) is 0 Å². The van der Waals surface area contributed by atoms with Crippen molar-refractivity contribution in [3.63, 3.8) is 0 Å². The zero-order chi connectivity index (χ0) is 16.3. The van der Waals surface area contributed by atoms with Gasteiger partial charge in [-0.15, -0.1) is 0 Å². The largest absolute Gasteiger partial charge is 0.497 e. The van der Waals surface area contributed by atoms with E-state index < -0.39 is 5.54 Å². The molecule has 1 aromatic rings. The maximum atomic E-state index is 12.3. The molecule has 3 atom stereocenters. The number of hydrogen-bond acceptors (Lipinski definition) is 4. The molecule has 0 saturated heterocycles. The highest BCUT2D eigenvalue weighted by molar-refractivity contribution is 5.83. The highest BCUT2D eigenvalue weighted by Gasteiger charge is 2.42. The molecule has 1 saturated carbocycles. The molecule has 1 aliphatic carbocycles. The van der Waals surface area contributed by atoms with Crippen LogP contribution in [-0.2, 0) is 19.9 Å². The summed E-state index contributed by atoms with van der Waals surface area (Å²) < 4.78 is 10.0. The molecule has 0 bridgehead atoms. The molecule has 22 heavy (non-hydrogen) atoms. The van der Waals surface area contributed by atoms with Crippen molar-refractivity contribution < 1.29 is 19.1 Å². The zero-order valence-corrected chi connectivity index (χ0v) is 13.5. The molecule has 1 aliphatic rings. The minimum atomic E-state index is -0.818. The summed E-state index contributed by atoms with van der Waals surface area (Å²) in [6, 6.07) is 7.38. The van der Waals surface area contributed by atoms with Gasteiger partial charge >= 0.3 is 5.97 Å². The number of hydrogen-bond donors (Lipinski definition) is 1. The van der Waals surface area contributed by atoms with Gasteiger partial charge < -0.3 is 14.8 Å². The zero-order valence-electron chi connectivity index (χ0n) is 13.5. The Kier molecular flexibility index (Phi) is 4.74. The van der Waals surface area contributed by atoms with Crippen molar-refractivity contribution in [2.75, 3.05) is 14.2 Å². The Hall–Kier alpha value is -2.04. The maximum absolute atomic E-state index is 12.3. The van der Waals surface area contributed by atoms with Gasteiger partial charge in [0.25, 0.3) is 0 Å². The molecule has 5 nitrogen and oxygen atoms in total. The fourth-order valence-corrected chi connectivity index (χ4v) is 2.60. The van der Waals surface area contributed by atoms with Gasteiger partial charge in [-0.1, -0.05) is 19.1 Å². The third kappa shape index (κ3) is 3.59. The van der Waals surface area contributed by atoms with E-state index in [2.05, 4.69) is 5.32 Å². The summed E-state index contributed by atoms with van der Waals surface area (Å²) >= 11 is 0. The van der Waals surface area contributed by atoms with Crippen LogP contribution in [0.1, 0.15) is 32.3 Å². The molecule has 1 aromatic carbocycles. The molecule has 0 spiro atoms. The van der Waals surface area contributed by atoms with E-state index in [1.807, 2.05) is 38.1 Å². The number of rotatable bonds is 6. The van der Waals surface area contributed by atoms with E-state index in [0.717, 1.165) is 12.0 Å². The summed E-state index contributed by atoms with van der Waals surface area (Å²) in [6.45, 7) is 3.89. The smallest absolute Gasteiger partial charge is 0.308 e. The summed E-state index contributed by atoms with van der Waals surface area (Å²) in [5.41, 5.74) is 0.00000283. The van der Waals surface area contributed by atoms with Gasteiger partial charge in [-0.2, -0.15) is 0 Å². The van der Waals surface area contributed by atoms with E-state index in [1.165, 1.54) is 7.11 Å². The van der Waals surface area contributed by atoms with E-state index in [-0.39, 0.29) is 24.2 Å². The van der Waals surface area contributed by atoms with Gasteiger partial charge in [0.1, 0.15) is 5.75 Å². The normalized spacial score (nSPS) is 22.4. The predicted molar refractivity (Wildman–Crippen MR) is 82.4 cm³/mol. The van der Waals surface area contributed by atoms with Gasteiger partial charge in [-0.25, -0.2) is 0 Å². The average Bonchev–Trinajstić information content (AvgIpc) is 3.24. The molecule has 5 heteroatoms. The molecule has 1 N–H and O–H groups in total. The Bertz CT molecular complexity index is 572. The van der Waals surface area contributed by atoms with Crippen LogP contribution in [0, 0.1) is 11.8 Å². The molecule has 0 heterocycles. The van der Waals surface area contributed by atoms with Crippen LogP contribution in [0.4, 0.5) is 0 Å². The Morgan fingerprint density at radius 1 is 1.36 bits per heavy atom. The van der Waals surface area contributed by atoms with Gasteiger partial charge in [-0.05, 0) is 37.0 Å². The first-order chi connectivity index (χ1) is 10.4. The van der Waals surface area contributed by atoms with Gasteiger partial charge in [0.15, 0.2) is 0 Å². The monoisotopic (exact) mass is 305 g/mol. The number of ether oxygens (including phenoxy) is 2. The van der Waals surface area contributed by atoms with E-state index in [4.69, 9.17) is 9.47 Å². The molecular weight excluding hydrogens is 282 g/mol. The number of esters is 1. The minimum Gasteiger partial charge on any atom is -0.497 e. The molecular formula is C17H23NO4. The lowest BCUT2D eigenvalue weighted by Gasteiger charge is -2.31. The average molecular weight is 305 g/mol. The Balaban J connectivity index is 2.27. The van der Waals surface area contributed by atoms with E-state index in [0.29, 0.717) is 11.7 Å². The standard InChI is InChI=1S/C17H23NO4/c1-11-8-14(11)16(20)18-17(2,10-15(19)22-4)12-6-5-7-13(9-12)21-3/h5-7,9,11,14H,8,10H2,1-4H3,(H,18,20)/t11-,14-,17+/m1/s1. The number of carbonyl (C=O) groups excluding carboxylic acids is 2. The lowest BCUT2D eigenvalue weighted by molar-refractivity contribution is -0.142. The van der Waals surface area contributed by atoms with E-state index in [1.54, 1.807) is 7.11 Å². The fraction of sp³-hybridized carbons (Fsp3) is 0.529. The lowest BCUT2D eigenvalue weighted by atomic mass is 9.88. The quantitative estimate of drug-likeness (QED) is 0.819. The van der Waals surface area contributed by atoms with Gasteiger partial charge in [0, 0.05) is 5.92 Å². The molecule has 120 valence electrons. The summed E-state index contributed by atoms with van der Waals surface area (Å²) in [6.07, 6.45) is 0.974. The first-order valence-electron chi connectivity index (χ1n) is 7.43. The number of carbonyl (C=O) groups is 2. The molecule has 2 rings (SSSR count). The van der Waals surface area contributed by atoms with Crippen LogP contribution in [-0.4, -0.2) is 26.1 Å².